The third kappa shape index (κ3) is 5.22. The molecule has 1 rings (SSSR count). The van der Waals surface area contributed by atoms with Gasteiger partial charge in [-0.25, -0.2) is 17.6 Å². The number of hydrogen-bond acceptors (Lipinski definition) is 2. The van der Waals surface area contributed by atoms with Gasteiger partial charge in [-0.15, -0.1) is 0 Å². The van der Waals surface area contributed by atoms with E-state index in [1.165, 1.54) is 0 Å². The molecule has 3 unspecified atom stereocenters. The van der Waals surface area contributed by atoms with Crippen LogP contribution in [0, 0.1) is 0 Å². The number of rotatable bonds is 7. The highest BCUT2D eigenvalue weighted by molar-refractivity contribution is 8.14. The molecule has 19 heavy (non-hydrogen) atoms. The van der Waals surface area contributed by atoms with Gasteiger partial charge in [-0.05, 0) is 6.42 Å². The maximum absolute atomic E-state index is 13.2. The Balaban J connectivity index is 2.32. The number of carbonyl (C=O) groups is 1. The van der Waals surface area contributed by atoms with Crippen molar-refractivity contribution in [2.75, 3.05) is 12.4 Å². The van der Waals surface area contributed by atoms with E-state index in [9.17, 15) is 22.4 Å². The topological polar surface area (TPSA) is 17.1 Å². The zero-order valence-electron chi connectivity index (χ0n) is 10.1. The number of hydrogen-bond donors (Lipinski definition) is 0. The molecule has 0 N–H and O–H groups in total. The van der Waals surface area contributed by atoms with Crippen LogP contribution in [0.3, 0.4) is 0 Å². The first kappa shape index (κ1) is 16.0. The molecule has 6 heteroatoms. The van der Waals surface area contributed by atoms with Crippen LogP contribution in [-0.2, 0) is 0 Å². The van der Waals surface area contributed by atoms with Crippen LogP contribution < -0.4 is 0 Å². The molecular formula is C13H14F4OS. The van der Waals surface area contributed by atoms with Crippen molar-refractivity contribution in [3.63, 3.8) is 0 Å². The number of thioether (sulfide) groups is 1. The van der Waals surface area contributed by atoms with E-state index in [0.717, 1.165) is 11.8 Å². The summed E-state index contributed by atoms with van der Waals surface area (Å²) in [6, 6.07) is 8.36. The normalized spacial score (nSPS) is 15.8. The Kier molecular flexibility index (Phi) is 6.91. The van der Waals surface area contributed by atoms with Gasteiger partial charge in [0, 0.05) is 11.3 Å². The summed E-state index contributed by atoms with van der Waals surface area (Å²) in [7, 11) is 0. The van der Waals surface area contributed by atoms with Crippen LogP contribution in [0.2, 0.25) is 0 Å². The van der Waals surface area contributed by atoms with Crippen molar-refractivity contribution in [1.82, 2.24) is 0 Å². The Labute approximate surface area is 113 Å². The molecule has 106 valence electrons. The van der Waals surface area contributed by atoms with E-state index < -0.39 is 25.2 Å². The lowest BCUT2D eigenvalue weighted by Gasteiger charge is -2.14. The lowest BCUT2D eigenvalue weighted by Crippen LogP contribution is -2.30. The van der Waals surface area contributed by atoms with Gasteiger partial charge in [-0.3, -0.25) is 4.79 Å². The van der Waals surface area contributed by atoms with E-state index in [4.69, 9.17) is 0 Å². The fraction of sp³-hybridized carbons (Fsp3) is 0.462. The Hall–Kier alpha value is -1.04. The monoisotopic (exact) mass is 294 g/mol. The molecule has 3 atom stereocenters. The van der Waals surface area contributed by atoms with Crippen molar-refractivity contribution in [1.29, 1.82) is 0 Å². The second-order valence-electron chi connectivity index (χ2n) is 3.92. The van der Waals surface area contributed by atoms with Crippen molar-refractivity contribution in [2.45, 2.75) is 24.9 Å². The van der Waals surface area contributed by atoms with Crippen LogP contribution in [0.1, 0.15) is 16.8 Å². The lowest BCUT2D eigenvalue weighted by molar-refractivity contribution is 0.0660. The summed E-state index contributed by atoms with van der Waals surface area (Å²) in [6.07, 6.45) is -7.34. The molecule has 0 aliphatic rings. The van der Waals surface area contributed by atoms with Crippen LogP contribution in [0.4, 0.5) is 17.6 Å². The van der Waals surface area contributed by atoms with Gasteiger partial charge < -0.3 is 0 Å². The third-order valence-electron chi connectivity index (χ3n) is 2.47. The summed E-state index contributed by atoms with van der Waals surface area (Å²) in [6.45, 7) is -1.54. The average molecular weight is 294 g/mol. The molecule has 0 heterocycles. The van der Waals surface area contributed by atoms with Gasteiger partial charge in [0.2, 0.25) is 5.12 Å². The van der Waals surface area contributed by atoms with Gasteiger partial charge in [0.05, 0.1) is 0 Å². The smallest absolute Gasteiger partial charge is 0.219 e. The minimum Gasteiger partial charge on any atom is -0.282 e. The van der Waals surface area contributed by atoms with Gasteiger partial charge in [-0.1, -0.05) is 42.1 Å². The molecule has 1 nitrogen and oxygen atoms in total. The second kappa shape index (κ2) is 8.19. The standard InChI is InChI=1S/C13H14F4OS/c14-8-11(16)12(17)10(15)6-7-19-13(18)9-4-2-1-3-5-9/h1-5,10-12H,6-8H2. The molecule has 0 amide bonds. The van der Waals surface area contributed by atoms with E-state index in [0.29, 0.717) is 5.56 Å². The summed E-state index contributed by atoms with van der Waals surface area (Å²) in [5.74, 6) is 0.0221. The van der Waals surface area contributed by atoms with E-state index >= 15 is 0 Å². The minimum absolute atomic E-state index is 0.0221. The molecule has 0 aromatic heterocycles. The van der Waals surface area contributed by atoms with E-state index in [1.807, 2.05) is 0 Å². The van der Waals surface area contributed by atoms with Crippen molar-refractivity contribution >= 4 is 16.9 Å². The third-order valence-corrected chi connectivity index (χ3v) is 3.41. The molecule has 1 aromatic rings. The summed E-state index contributed by atoms with van der Waals surface area (Å²) >= 11 is 0.833. The van der Waals surface area contributed by atoms with Crippen LogP contribution in [-0.4, -0.2) is 36.1 Å². The van der Waals surface area contributed by atoms with Gasteiger partial charge >= 0.3 is 0 Å². The average Bonchev–Trinajstić information content (AvgIpc) is 2.46. The fourth-order valence-corrected chi connectivity index (χ4v) is 2.22. The van der Waals surface area contributed by atoms with E-state index in [2.05, 4.69) is 0 Å². The quantitative estimate of drug-likeness (QED) is 0.709. The van der Waals surface area contributed by atoms with Crippen LogP contribution >= 0.6 is 11.8 Å². The predicted molar refractivity (Wildman–Crippen MR) is 68.5 cm³/mol. The zero-order valence-corrected chi connectivity index (χ0v) is 10.9. The molecule has 0 radical (unpaired) electrons. The molecule has 0 aliphatic heterocycles. The molecule has 0 bridgehead atoms. The lowest BCUT2D eigenvalue weighted by atomic mass is 10.1. The number of alkyl halides is 4. The predicted octanol–water partition coefficient (Wildman–Crippen LogP) is 3.93. The molecule has 0 saturated carbocycles. The summed E-state index contributed by atoms with van der Waals surface area (Å²) in [5, 5.41) is -0.259. The highest BCUT2D eigenvalue weighted by Crippen LogP contribution is 2.20. The molecule has 0 spiro atoms. The SMILES string of the molecule is O=C(SCCC(F)C(F)C(F)CF)c1ccccc1. The first-order valence-electron chi connectivity index (χ1n) is 5.76. The maximum Gasteiger partial charge on any atom is 0.219 e. The molecular weight excluding hydrogens is 280 g/mol. The largest absolute Gasteiger partial charge is 0.282 e. The molecule has 0 saturated heterocycles. The Bertz CT molecular complexity index is 387. The van der Waals surface area contributed by atoms with Crippen molar-refractivity contribution in [2.24, 2.45) is 0 Å². The van der Waals surface area contributed by atoms with Gasteiger partial charge in [0.1, 0.15) is 12.8 Å². The Morgan fingerprint density at radius 2 is 1.74 bits per heavy atom. The van der Waals surface area contributed by atoms with Gasteiger partial charge in [-0.2, -0.15) is 0 Å². The van der Waals surface area contributed by atoms with Crippen LogP contribution in [0.25, 0.3) is 0 Å². The van der Waals surface area contributed by atoms with Crippen molar-refractivity contribution in [3.05, 3.63) is 35.9 Å². The first-order chi connectivity index (χ1) is 9.06. The molecule has 1 aromatic carbocycles. The van der Waals surface area contributed by atoms with Crippen molar-refractivity contribution < 1.29 is 22.4 Å². The van der Waals surface area contributed by atoms with Gasteiger partial charge in [0.25, 0.3) is 0 Å². The van der Waals surface area contributed by atoms with E-state index in [-0.39, 0.29) is 17.3 Å². The van der Waals surface area contributed by atoms with Crippen LogP contribution in [0.5, 0.6) is 0 Å². The number of benzene rings is 1. The van der Waals surface area contributed by atoms with Gasteiger partial charge in [0.15, 0.2) is 12.3 Å². The fourth-order valence-electron chi connectivity index (χ4n) is 1.39. The number of halogens is 4. The maximum atomic E-state index is 13.2. The summed E-state index contributed by atoms with van der Waals surface area (Å²) in [4.78, 5) is 11.6. The second-order valence-corrected chi connectivity index (χ2v) is 4.99. The van der Waals surface area contributed by atoms with E-state index in [1.54, 1.807) is 30.3 Å². The number of carbonyl (C=O) groups excluding carboxylic acids is 1. The summed E-state index contributed by atoms with van der Waals surface area (Å²) < 4.78 is 50.5. The Morgan fingerprint density at radius 1 is 1.11 bits per heavy atom. The Morgan fingerprint density at radius 3 is 2.32 bits per heavy atom. The summed E-state index contributed by atoms with van der Waals surface area (Å²) in [5.41, 5.74) is 0.465. The minimum atomic E-state index is -2.47. The molecule has 0 aliphatic carbocycles. The first-order valence-corrected chi connectivity index (χ1v) is 6.75. The highest BCUT2D eigenvalue weighted by atomic mass is 32.2. The van der Waals surface area contributed by atoms with Crippen LogP contribution in [0.15, 0.2) is 30.3 Å². The van der Waals surface area contributed by atoms with Crippen molar-refractivity contribution in [3.8, 4) is 0 Å². The zero-order chi connectivity index (χ0) is 14.3. The highest BCUT2D eigenvalue weighted by Gasteiger charge is 2.29. The molecule has 0 fully saturated rings.